The number of hydrogen-bond acceptors (Lipinski definition) is 7. The second kappa shape index (κ2) is 15.2. The minimum absolute atomic E-state index is 0.0278. The van der Waals surface area contributed by atoms with Gasteiger partial charge in [0.05, 0.1) is 7.11 Å². The normalized spacial score (nSPS) is 12.4. The molecule has 0 heterocycles. The number of carbonyl (C=O) groups excluding carboxylic acids is 4. The van der Waals surface area contributed by atoms with Crippen LogP contribution in [0.25, 0.3) is 0 Å². The van der Waals surface area contributed by atoms with Crippen LogP contribution in [0.5, 0.6) is 0 Å². The van der Waals surface area contributed by atoms with Gasteiger partial charge in [0.15, 0.2) is 0 Å². The van der Waals surface area contributed by atoms with E-state index in [9.17, 15) is 19.2 Å². The lowest BCUT2D eigenvalue weighted by Crippen LogP contribution is -2.52. The molecule has 0 aliphatic heterocycles. The zero-order valence-electron chi connectivity index (χ0n) is 22.3. The molecule has 3 N–H and O–H groups in total. The Labute approximate surface area is 223 Å². The molecule has 2 aromatic carbocycles. The van der Waals surface area contributed by atoms with E-state index in [1.807, 2.05) is 60.7 Å². The van der Waals surface area contributed by atoms with Crippen molar-refractivity contribution in [2.24, 2.45) is 0 Å². The van der Waals surface area contributed by atoms with Gasteiger partial charge in [-0.25, -0.2) is 14.4 Å². The number of carbonyl (C=O) groups is 4. The fourth-order valence-corrected chi connectivity index (χ4v) is 3.44. The van der Waals surface area contributed by atoms with Crippen molar-refractivity contribution in [2.45, 2.75) is 64.3 Å². The Morgan fingerprint density at radius 1 is 0.816 bits per heavy atom. The molecule has 0 fully saturated rings. The summed E-state index contributed by atoms with van der Waals surface area (Å²) in [6.45, 7) is 5.51. The Bertz CT molecular complexity index is 1040. The number of amides is 3. The third kappa shape index (κ3) is 11.8. The summed E-state index contributed by atoms with van der Waals surface area (Å²) in [5.41, 5.74) is 0.980. The van der Waals surface area contributed by atoms with E-state index in [2.05, 4.69) is 16.0 Å². The second-order valence-corrected chi connectivity index (χ2v) is 9.60. The zero-order chi connectivity index (χ0) is 28.0. The zero-order valence-corrected chi connectivity index (χ0v) is 22.3. The fourth-order valence-electron chi connectivity index (χ4n) is 3.44. The maximum atomic E-state index is 13.2. The van der Waals surface area contributed by atoms with Gasteiger partial charge in [-0.05, 0) is 44.7 Å². The lowest BCUT2D eigenvalue weighted by molar-refractivity contribution is -0.145. The number of nitrogens with one attached hydrogen (secondary N) is 3. The first-order valence-electron chi connectivity index (χ1n) is 12.4. The predicted octanol–water partition coefficient (Wildman–Crippen LogP) is 3.49. The maximum Gasteiger partial charge on any atom is 0.408 e. The molecule has 0 saturated carbocycles. The summed E-state index contributed by atoms with van der Waals surface area (Å²) in [5.74, 6) is -1.19. The van der Waals surface area contributed by atoms with Gasteiger partial charge in [0.1, 0.15) is 24.3 Å². The Hall–Kier alpha value is -4.08. The summed E-state index contributed by atoms with van der Waals surface area (Å²) in [7, 11) is 1.24. The molecular formula is C28H37N3O7. The van der Waals surface area contributed by atoms with Gasteiger partial charge in [0.2, 0.25) is 5.91 Å². The van der Waals surface area contributed by atoms with Crippen LogP contribution < -0.4 is 16.0 Å². The van der Waals surface area contributed by atoms with Crippen LogP contribution >= 0.6 is 0 Å². The summed E-state index contributed by atoms with van der Waals surface area (Å²) in [6.07, 6.45) is -0.641. The van der Waals surface area contributed by atoms with Crippen molar-refractivity contribution in [3.8, 4) is 0 Å². The standard InChI is InChI=1S/C28H37N3O7/c1-28(2,3)38-26(34)29-17-11-16-22(31-27(35)37-19-21-14-9-6-10-15-21)24(32)30-23(25(33)36-4)18-20-12-7-5-8-13-20/h5-10,12-15,22-23H,11,16-19H2,1-4H3,(H,29,34)(H,30,32)(H,31,35). The molecule has 0 spiro atoms. The van der Waals surface area contributed by atoms with Crippen LogP contribution in [0.1, 0.15) is 44.7 Å². The highest BCUT2D eigenvalue weighted by Crippen LogP contribution is 2.09. The van der Waals surface area contributed by atoms with Crippen LogP contribution in [-0.2, 0) is 36.8 Å². The van der Waals surface area contributed by atoms with E-state index in [-0.39, 0.29) is 26.0 Å². The van der Waals surface area contributed by atoms with E-state index >= 15 is 0 Å². The van der Waals surface area contributed by atoms with Crippen LogP contribution in [0, 0.1) is 0 Å². The lowest BCUT2D eigenvalue weighted by Gasteiger charge is -2.23. The Morgan fingerprint density at radius 2 is 1.42 bits per heavy atom. The number of methoxy groups -OCH3 is 1. The van der Waals surface area contributed by atoms with Gasteiger partial charge >= 0.3 is 18.2 Å². The molecule has 0 aromatic heterocycles. The van der Waals surface area contributed by atoms with E-state index in [4.69, 9.17) is 14.2 Å². The average molecular weight is 528 g/mol. The van der Waals surface area contributed by atoms with Gasteiger partial charge in [-0.15, -0.1) is 0 Å². The third-order valence-electron chi connectivity index (χ3n) is 5.24. The van der Waals surface area contributed by atoms with E-state index in [0.29, 0.717) is 6.42 Å². The average Bonchev–Trinajstić information content (AvgIpc) is 2.88. The van der Waals surface area contributed by atoms with Crippen LogP contribution in [-0.4, -0.2) is 55.4 Å². The van der Waals surface area contributed by atoms with Gasteiger partial charge in [0, 0.05) is 13.0 Å². The highest BCUT2D eigenvalue weighted by molar-refractivity contribution is 5.89. The van der Waals surface area contributed by atoms with E-state index < -0.39 is 41.7 Å². The highest BCUT2D eigenvalue weighted by Gasteiger charge is 2.28. The number of rotatable bonds is 12. The topological polar surface area (TPSA) is 132 Å². The Balaban J connectivity index is 2.03. The molecule has 0 aliphatic rings. The molecule has 10 nitrogen and oxygen atoms in total. The largest absolute Gasteiger partial charge is 0.467 e. The predicted molar refractivity (Wildman–Crippen MR) is 141 cm³/mol. The molecule has 3 amide bonds. The van der Waals surface area contributed by atoms with Gasteiger partial charge in [-0.1, -0.05) is 60.7 Å². The summed E-state index contributed by atoms with van der Waals surface area (Å²) >= 11 is 0. The molecule has 0 bridgehead atoms. The first-order valence-corrected chi connectivity index (χ1v) is 12.4. The van der Waals surface area contributed by atoms with Crippen molar-refractivity contribution in [2.75, 3.05) is 13.7 Å². The van der Waals surface area contributed by atoms with Crippen molar-refractivity contribution in [3.63, 3.8) is 0 Å². The van der Waals surface area contributed by atoms with Gasteiger partial charge in [0.25, 0.3) is 0 Å². The van der Waals surface area contributed by atoms with Crippen molar-refractivity contribution >= 4 is 24.1 Å². The van der Waals surface area contributed by atoms with E-state index in [1.165, 1.54) is 7.11 Å². The molecule has 38 heavy (non-hydrogen) atoms. The number of ether oxygens (including phenoxy) is 3. The number of esters is 1. The molecule has 2 aromatic rings. The number of alkyl carbamates (subject to hydrolysis) is 2. The molecular weight excluding hydrogens is 490 g/mol. The second-order valence-electron chi connectivity index (χ2n) is 9.60. The first-order chi connectivity index (χ1) is 18.1. The molecule has 2 rings (SSSR count). The minimum atomic E-state index is -1.03. The lowest BCUT2D eigenvalue weighted by atomic mass is 10.0. The maximum absolute atomic E-state index is 13.2. The van der Waals surface area contributed by atoms with Gasteiger partial charge < -0.3 is 30.2 Å². The number of hydrogen-bond donors (Lipinski definition) is 3. The summed E-state index contributed by atoms with van der Waals surface area (Å²) in [4.78, 5) is 50.0. The smallest absolute Gasteiger partial charge is 0.408 e. The Morgan fingerprint density at radius 3 is 2.00 bits per heavy atom. The third-order valence-corrected chi connectivity index (χ3v) is 5.24. The van der Waals surface area contributed by atoms with Gasteiger partial charge in [-0.3, -0.25) is 4.79 Å². The quantitative estimate of drug-likeness (QED) is 0.219. The van der Waals surface area contributed by atoms with Crippen LogP contribution in [0.2, 0.25) is 0 Å². The molecule has 2 unspecified atom stereocenters. The van der Waals surface area contributed by atoms with Crippen molar-refractivity contribution in [3.05, 3.63) is 71.8 Å². The monoisotopic (exact) mass is 527 g/mol. The molecule has 2 atom stereocenters. The molecule has 0 saturated heterocycles. The Kier molecular flexibility index (Phi) is 12.1. The van der Waals surface area contributed by atoms with Crippen molar-refractivity contribution in [1.29, 1.82) is 0 Å². The summed E-state index contributed by atoms with van der Waals surface area (Å²) in [5, 5.41) is 7.87. The van der Waals surface area contributed by atoms with Crippen molar-refractivity contribution in [1.82, 2.24) is 16.0 Å². The summed E-state index contributed by atoms with van der Waals surface area (Å²) in [6, 6.07) is 16.3. The van der Waals surface area contributed by atoms with Gasteiger partial charge in [-0.2, -0.15) is 0 Å². The van der Waals surface area contributed by atoms with E-state index in [0.717, 1.165) is 11.1 Å². The van der Waals surface area contributed by atoms with Crippen LogP contribution in [0.4, 0.5) is 9.59 Å². The molecule has 0 radical (unpaired) electrons. The first kappa shape index (κ1) is 30.1. The SMILES string of the molecule is COC(=O)C(Cc1ccccc1)NC(=O)C(CCCNC(=O)OC(C)(C)C)NC(=O)OCc1ccccc1. The van der Waals surface area contributed by atoms with E-state index in [1.54, 1.807) is 20.8 Å². The minimum Gasteiger partial charge on any atom is -0.467 e. The fraction of sp³-hybridized carbons (Fsp3) is 0.429. The molecule has 206 valence electrons. The van der Waals surface area contributed by atoms with Crippen LogP contribution in [0.15, 0.2) is 60.7 Å². The molecule has 10 heteroatoms. The number of benzene rings is 2. The van der Waals surface area contributed by atoms with Crippen LogP contribution in [0.3, 0.4) is 0 Å². The highest BCUT2D eigenvalue weighted by atomic mass is 16.6. The summed E-state index contributed by atoms with van der Waals surface area (Å²) < 4.78 is 15.3. The van der Waals surface area contributed by atoms with Crippen molar-refractivity contribution < 1.29 is 33.4 Å². The molecule has 0 aliphatic carbocycles.